The second-order valence-electron chi connectivity index (χ2n) is 8.72. The van der Waals surface area contributed by atoms with E-state index >= 15 is 0 Å². The van der Waals surface area contributed by atoms with E-state index in [0.29, 0.717) is 16.9 Å². The van der Waals surface area contributed by atoms with E-state index in [0.717, 1.165) is 10.9 Å². The number of H-pyrrole nitrogens is 1. The molecule has 0 aliphatic carbocycles. The largest absolute Gasteiger partial charge is 0.507 e. The van der Waals surface area contributed by atoms with Crippen molar-refractivity contribution in [3.8, 4) is 17.2 Å². The van der Waals surface area contributed by atoms with Crippen molar-refractivity contribution in [1.29, 1.82) is 0 Å². The molecule has 1 unspecified atom stereocenters. The molecule has 9 heteroatoms. The Morgan fingerprint density at radius 3 is 2.37 bits per heavy atom. The molecule has 1 aliphatic heterocycles. The number of ketones is 1. The van der Waals surface area contributed by atoms with Crippen molar-refractivity contribution in [2.75, 3.05) is 21.3 Å². The van der Waals surface area contributed by atoms with Crippen LogP contribution in [0.1, 0.15) is 22.7 Å². The molecule has 8 nitrogen and oxygen atoms in total. The number of aromatic nitrogens is 1. The van der Waals surface area contributed by atoms with Crippen LogP contribution in [0.15, 0.2) is 72.4 Å². The number of hydrogen-bond acceptors (Lipinski definition) is 6. The van der Waals surface area contributed by atoms with Crippen LogP contribution in [0.2, 0.25) is 5.02 Å². The van der Waals surface area contributed by atoms with Gasteiger partial charge in [-0.2, -0.15) is 0 Å². The Hall–Kier alpha value is -4.43. The number of aromatic amines is 1. The fraction of sp³-hybridized carbons (Fsp3) is 0.172. The molecule has 194 valence electrons. The third-order valence-corrected chi connectivity index (χ3v) is 7.01. The van der Waals surface area contributed by atoms with Crippen LogP contribution in [0.25, 0.3) is 16.7 Å². The van der Waals surface area contributed by atoms with Crippen LogP contribution in [0.3, 0.4) is 0 Å². The molecule has 1 fully saturated rings. The Bertz CT molecular complexity index is 1590. The molecule has 1 aromatic heterocycles. The number of aliphatic hydroxyl groups excluding tert-OH is 1. The summed E-state index contributed by atoms with van der Waals surface area (Å²) in [5, 5.41) is 12.7. The molecule has 4 aromatic rings. The summed E-state index contributed by atoms with van der Waals surface area (Å²) in [5.41, 5.74) is 2.31. The van der Waals surface area contributed by atoms with Gasteiger partial charge in [-0.15, -0.1) is 0 Å². The number of rotatable bonds is 7. The van der Waals surface area contributed by atoms with E-state index in [1.165, 1.54) is 31.3 Å². The number of carbonyl (C=O) groups excluding carboxylic acids is 2. The molecule has 0 spiro atoms. The molecule has 1 saturated heterocycles. The first kappa shape index (κ1) is 25.2. The zero-order chi connectivity index (χ0) is 27.0. The van der Waals surface area contributed by atoms with E-state index in [2.05, 4.69) is 4.98 Å². The van der Waals surface area contributed by atoms with Gasteiger partial charge in [-0.1, -0.05) is 48.0 Å². The molecule has 3 aromatic carbocycles. The van der Waals surface area contributed by atoms with E-state index < -0.39 is 23.5 Å². The number of aliphatic hydroxyl groups is 1. The van der Waals surface area contributed by atoms with Gasteiger partial charge in [0.1, 0.15) is 23.0 Å². The second-order valence-corrected chi connectivity index (χ2v) is 9.12. The summed E-state index contributed by atoms with van der Waals surface area (Å²) < 4.78 is 16.3. The number of nitrogens with one attached hydrogen (secondary N) is 1. The highest BCUT2D eigenvalue weighted by molar-refractivity contribution is 6.46. The third kappa shape index (κ3) is 4.13. The quantitative estimate of drug-likeness (QED) is 0.186. The highest BCUT2D eigenvalue weighted by Crippen LogP contribution is 2.45. The van der Waals surface area contributed by atoms with Gasteiger partial charge in [-0.25, -0.2) is 0 Å². The molecular weight excluding hydrogens is 508 g/mol. The number of nitrogens with zero attached hydrogens (tertiary/aromatic N) is 1. The average molecular weight is 533 g/mol. The van der Waals surface area contributed by atoms with E-state index in [4.69, 9.17) is 25.8 Å². The fourth-order valence-electron chi connectivity index (χ4n) is 4.89. The zero-order valence-corrected chi connectivity index (χ0v) is 21.7. The number of amides is 1. The van der Waals surface area contributed by atoms with Crippen LogP contribution < -0.4 is 14.2 Å². The number of likely N-dealkylation sites (tertiary alicyclic amines) is 1. The normalized spacial score (nSPS) is 16.7. The minimum absolute atomic E-state index is 0.0719. The number of carbonyl (C=O) groups is 2. The number of Topliss-reactive ketones (excluding diaryl/α,β-unsaturated/α-hetero) is 1. The van der Waals surface area contributed by atoms with Crippen LogP contribution in [0, 0.1) is 0 Å². The molecule has 5 rings (SSSR count). The van der Waals surface area contributed by atoms with Gasteiger partial charge in [0, 0.05) is 34.3 Å². The maximum atomic E-state index is 13.6. The highest BCUT2D eigenvalue weighted by atomic mass is 35.5. The van der Waals surface area contributed by atoms with E-state index in [-0.39, 0.29) is 34.2 Å². The van der Waals surface area contributed by atoms with Crippen molar-refractivity contribution in [3.05, 3.63) is 94.1 Å². The average Bonchev–Trinajstić information content (AvgIpc) is 3.47. The van der Waals surface area contributed by atoms with Gasteiger partial charge in [-0.05, 0) is 18.2 Å². The Kier molecular flexibility index (Phi) is 6.73. The van der Waals surface area contributed by atoms with Crippen molar-refractivity contribution in [3.63, 3.8) is 0 Å². The molecule has 38 heavy (non-hydrogen) atoms. The number of halogens is 1. The van der Waals surface area contributed by atoms with Gasteiger partial charge < -0.3 is 29.2 Å². The summed E-state index contributed by atoms with van der Waals surface area (Å²) in [6.45, 7) is 0.0800. The summed E-state index contributed by atoms with van der Waals surface area (Å²) in [5.74, 6) is -0.872. The summed E-state index contributed by atoms with van der Waals surface area (Å²) in [7, 11) is 4.41. The number of ether oxygens (including phenoxy) is 3. The second kappa shape index (κ2) is 10.1. The molecule has 0 bridgehead atoms. The highest BCUT2D eigenvalue weighted by Gasteiger charge is 2.47. The van der Waals surface area contributed by atoms with E-state index in [1.54, 1.807) is 19.4 Å². The molecule has 1 aliphatic rings. The minimum Gasteiger partial charge on any atom is -0.507 e. The Balaban J connectivity index is 1.75. The van der Waals surface area contributed by atoms with Crippen LogP contribution in [0.5, 0.6) is 17.2 Å². The monoisotopic (exact) mass is 532 g/mol. The first-order valence-corrected chi connectivity index (χ1v) is 12.2. The lowest BCUT2D eigenvalue weighted by Gasteiger charge is -2.26. The summed E-state index contributed by atoms with van der Waals surface area (Å²) >= 11 is 6.27. The lowest BCUT2D eigenvalue weighted by molar-refractivity contribution is -0.140. The number of benzene rings is 3. The van der Waals surface area contributed by atoms with Crippen molar-refractivity contribution < 1.29 is 28.9 Å². The summed E-state index contributed by atoms with van der Waals surface area (Å²) in [4.78, 5) is 31.8. The van der Waals surface area contributed by atoms with Crippen LogP contribution in [0.4, 0.5) is 0 Å². The Morgan fingerprint density at radius 1 is 0.947 bits per heavy atom. The standard InChI is InChI=1S/C29H25ClN2O6/c1-36-22-11-7-4-8-16(22)15-32-26(19-14-31-21-10-6-5-9-17(19)21)25(28(34)29(32)35)27(33)18-12-24(38-3)20(30)13-23(18)37-2/h4-14,26,31,33H,15H2,1-3H3/b27-25+. The Morgan fingerprint density at radius 2 is 1.63 bits per heavy atom. The summed E-state index contributed by atoms with van der Waals surface area (Å²) in [6, 6.07) is 16.9. The maximum Gasteiger partial charge on any atom is 0.295 e. The van der Waals surface area contributed by atoms with E-state index in [1.807, 2.05) is 42.5 Å². The van der Waals surface area contributed by atoms with Gasteiger partial charge in [-0.3, -0.25) is 9.59 Å². The molecule has 1 amide bonds. The molecule has 0 saturated carbocycles. The molecule has 2 N–H and O–H groups in total. The lowest BCUT2D eigenvalue weighted by atomic mass is 9.94. The molecular formula is C29H25ClN2O6. The smallest absolute Gasteiger partial charge is 0.295 e. The number of methoxy groups -OCH3 is 3. The molecule has 2 heterocycles. The van der Waals surface area contributed by atoms with Crippen molar-refractivity contribution >= 4 is 40.0 Å². The minimum atomic E-state index is -0.901. The lowest BCUT2D eigenvalue weighted by Crippen LogP contribution is -2.29. The van der Waals surface area contributed by atoms with Crippen LogP contribution >= 0.6 is 11.6 Å². The number of para-hydroxylation sites is 2. The molecule has 0 radical (unpaired) electrons. The maximum absolute atomic E-state index is 13.6. The predicted octanol–water partition coefficient (Wildman–Crippen LogP) is 5.47. The van der Waals surface area contributed by atoms with Gasteiger partial charge >= 0.3 is 0 Å². The van der Waals surface area contributed by atoms with Gasteiger partial charge in [0.2, 0.25) is 0 Å². The topological polar surface area (TPSA) is 101 Å². The number of fused-ring (bicyclic) bond motifs is 1. The first-order chi connectivity index (χ1) is 18.4. The van der Waals surface area contributed by atoms with Gasteiger partial charge in [0.25, 0.3) is 11.7 Å². The van der Waals surface area contributed by atoms with Crippen molar-refractivity contribution in [1.82, 2.24) is 9.88 Å². The first-order valence-electron chi connectivity index (χ1n) is 11.8. The zero-order valence-electron chi connectivity index (χ0n) is 20.9. The van der Waals surface area contributed by atoms with Crippen molar-refractivity contribution in [2.24, 2.45) is 0 Å². The number of hydrogen-bond donors (Lipinski definition) is 2. The third-order valence-electron chi connectivity index (χ3n) is 6.72. The Labute approximate surface area is 224 Å². The van der Waals surface area contributed by atoms with Gasteiger partial charge in [0.15, 0.2) is 0 Å². The van der Waals surface area contributed by atoms with E-state index in [9.17, 15) is 14.7 Å². The van der Waals surface area contributed by atoms with Crippen LogP contribution in [-0.4, -0.2) is 48.0 Å². The predicted molar refractivity (Wildman–Crippen MR) is 144 cm³/mol. The van der Waals surface area contributed by atoms with Crippen molar-refractivity contribution in [2.45, 2.75) is 12.6 Å². The molecule has 1 atom stereocenters. The van der Waals surface area contributed by atoms with Gasteiger partial charge in [0.05, 0.1) is 50.1 Å². The summed E-state index contributed by atoms with van der Waals surface area (Å²) in [6.07, 6.45) is 1.75. The SMILES string of the molecule is COc1cc(/C(O)=C2\C(=O)C(=O)N(Cc3ccccc3OC)C2c2c[nH]c3ccccc23)c(OC)cc1Cl. The van der Waals surface area contributed by atoms with Crippen LogP contribution in [-0.2, 0) is 16.1 Å². The fourth-order valence-corrected chi connectivity index (χ4v) is 5.13.